The first-order chi connectivity index (χ1) is 24.4. The van der Waals surface area contributed by atoms with Gasteiger partial charge in [0.25, 0.3) is 0 Å². The molecule has 0 amide bonds. The molecule has 3 heterocycles. The Morgan fingerprint density at radius 3 is 2.00 bits per heavy atom. The quantitative estimate of drug-likeness (QED) is 0.214. The minimum Gasteiger partial charge on any atom is -0.493 e. The van der Waals surface area contributed by atoms with Crippen molar-refractivity contribution in [3.05, 3.63) is 76.9 Å². The second kappa shape index (κ2) is 14.5. The smallest absolute Gasteiger partial charge is 0.337 e. The Morgan fingerprint density at radius 1 is 0.882 bits per heavy atom. The summed E-state index contributed by atoms with van der Waals surface area (Å²) in [6, 6.07) is 14.8. The second-order valence-corrected chi connectivity index (χ2v) is 16.9. The van der Waals surface area contributed by atoms with Gasteiger partial charge in [-0.2, -0.15) is 0 Å². The Balaban J connectivity index is 1.27. The molecule has 1 atom stereocenters. The Kier molecular flexibility index (Phi) is 10.2. The van der Waals surface area contributed by atoms with Crippen LogP contribution in [-0.2, 0) is 22.5 Å². The number of carbonyl (C=O) groups is 1. The number of carboxylic acid groups (broad SMARTS) is 1. The van der Waals surface area contributed by atoms with Crippen molar-refractivity contribution in [2.45, 2.75) is 117 Å². The lowest BCUT2D eigenvalue weighted by Crippen LogP contribution is -2.45. The van der Waals surface area contributed by atoms with Gasteiger partial charge < -0.3 is 19.5 Å². The number of anilines is 1. The molecule has 8 heteroatoms. The third kappa shape index (κ3) is 7.97. The zero-order valence-corrected chi connectivity index (χ0v) is 31.1. The molecule has 1 aromatic heterocycles. The molecule has 2 aromatic carbocycles. The van der Waals surface area contributed by atoms with Crippen molar-refractivity contribution in [3.8, 4) is 16.9 Å². The summed E-state index contributed by atoms with van der Waals surface area (Å²) in [6.45, 7) is 12.8. The number of piperidine rings is 2. The molecule has 2 spiro atoms. The predicted molar refractivity (Wildman–Crippen MR) is 200 cm³/mol. The van der Waals surface area contributed by atoms with E-state index in [1.807, 2.05) is 39.8 Å². The van der Waals surface area contributed by atoms with Gasteiger partial charge in [-0.05, 0) is 138 Å². The number of likely N-dealkylation sites (tertiary alicyclic amines) is 1. The van der Waals surface area contributed by atoms with Crippen LogP contribution in [0.4, 0.5) is 10.1 Å². The number of halogens is 1. The molecule has 1 N–H and O–H groups in total. The van der Waals surface area contributed by atoms with Gasteiger partial charge in [-0.25, -0.2) is 9.18 Å². The molecule has 2 saturated heterocycles. The topological polar surface area (TPSA) is 75.1 Å². The maximum atomic E-state index is 13.4. The number of hydrogen-bond donors (Lipinski definition) is 1. The molecule has 4 fully saturated rings. The van der Waals surface area contributed by atoms with Crippen LogP contribution in [0.25, 0.3) is 11.1 Å². The van der Waals surface area contributed by atoms with E-state index in [9.17, 15) is 14.3 Å². The van der Waals surface area contributed by atoms with Crippen LogP contribution in [0.15, 0.2) is 48.5 Å². The molecule has 2 aliphatic heterocycles. The van der Waals surface area contributed by atoms with Gasteiger partial charge in [0.2, 0.25) is 0 Å². The van der Waals surface area contributed by atoms with Crippen molar-refractivity contribution in [3.63, 3.8) is 0 Å². The van der Waals surface area contributed by atoms with Crippen molar-refractivity contribution < 1.29 is 23.8 Å². The predicted octanol–water partition coefficient (Wildman–Crippen LogP) is 9.30. The van der Waals surface area contributed by atoms with Crippen LogP contribution in [0, 0.1) is 23.6 Å². The van der Waals surface area contributed by atoms with Gasteiger partial charge >= 0.3 is 5.97 Å². The molecule has 274 valence electrons. The van der Waals surface area contributed by atoms with Crippen molar-refractivity contribution >= 4 is 11.7 Å². The zero-order valence-electron chi connectivity index (χ0n) is 31.1. The summed E-state index contributed by atoms with van der Waals surface area (Å²) in [5.41, 5.74) is 6.76. The van der Waals surface area contributed by atoms with Crippen LogP contribution < -0.4 is 9.64 Å². The number of pyridine rings is 1. The standard InChI is InChI=1S/C43H56FN3O4/c1-30-36(39(40(48)49)51-41(2,3)4)38(47-26-22-43(23-27-47)18-6-19-43)37(35(45-30)29-46-24-20-42(21-25-46)16-5-17-42)32-9-13-34(14-10-32)50-28-15-31-7-11-33(44)12-8-31/h7-14,39H,5-6,15-29H2,1-4H3,(H,48,49)/t39-/m0/s1. The van der Waals surface area contributed by atoms with E-state index in [1.165, 1.54) is 63.5 Å². The minimum absolute atomic E-state index is 0.239. The Labute approximate surface area is 303 Å². The van der Waals surface area contributed by atoms with Gasteiger partial charge in [-0.15, -0.1) is 0 Å². The fraction of sp³-hybridized carbons (Fsp3) is 0.581. The highest BCUT2D eigenvalue weighted by Gasteiger charge is 2.43. The lowest BCUT2D eigenvalue weighted by Gasteiger charge is -2.49. The molecule has 2 saturated carbocycles. The molecule has 51 heavy (non-hydrogen) atoms. The molecule has 0 bridgehead atoms. The molecule has 0 radical (unpaired) electrons. The van der Waals surface area contributed by atoms with Crippen LogP contribution in [0.2, 0.25) is 0 Å². The molecular weight excluding hydrogens is 641 g/mol. The van der Waals surface area contributed by atoms with E-state index < -0.39 is 17.7 Å². The number of nitrogens with zero attached hydrogens (tertiary/aromatic N) is 3. The summed E-state index contributed by atoms with van der Waals surface area (Å²) in [7, 11) is 0. The number of ether oxygens (including phenoxy) is 2. The zero-order chi connectivity index (χ0) is 35.8. The van der Waals surface area contributed by atoms with Crippen molar-refractivity contribution in [2.24, 2.45) is 10.8 Å². The van der Waals surface area contributed by atoms with Gasteiger partial charge in [0.05, 0.1) is 23.6 Å². The first-order valence-electron chi connectivity index (χ1n) is 19.3. The number of benzene rings is 2. The average molecular weight is 698 g/mol. The lowest BCUT2D eigenvalue weighted by molar-refractivity contribution is -0.160. The van der Waals surface area contributed by atoms with E-state index in [1.54, 1.807) is 12.1 Å². The third-order valence-electron chi connectivity index (χ3n) is 12.4. The van der Waals surface area contributed by atoms with E-state index in [0.717, 1.165) is 85.1 Å². The Morgan fingerprint density at radius 2 is 1.47 bits per heavy atom. The third-order valence-corrected chi connectivity index (χ3v) is 12.4. The summed E-state index contributed by atoms with van der Waals surface area (Å²) in [4.78, 5) is 23.4. The molecule has 0 unspecified atom stereocenters. The first kappa shape index (κ1) is 35.9. The minimum atomic E-state index is -1.15. The van der Waals surface area contributed by atoms with Gasteiger partial charge in [-0.1, -0.05) is 37.1 Å². The van der Waals surface area contributed by atoms with E-state index in [4.69, 9.17) is 14.5 Å². The molecule has 3 aromatic rings. The number of carboxylic acids is 1. The van der Waals surface area contributed by atoms with E-state index >= 15 is 0 Å². The van der Waals surface area contributed by atoms with Crippen molar-refractivity contribution in [2.75, 3.05) is 37.7 Å². The molecular formula is C43H56FN3O4. The Hall–Kier alpha value is -3.49. The van der Waals surface area contributed by atoms with Crippen molar-refractivity contribution in [1.29, 1.82) is 0 Å². The van der Waals surface area contributed by atoms with Crippen LogP contribution in [0.3, 0.4) is 0 Å². The number of aliphatic carboxylic acids is 1. The Bertz CT molecular complexity index is 1670. The van der Waals surface area contributed by atoms with Crippen LogP contribution in [-0.4, -0.2) is 59.3 Å². The highest BCUT2D eigenvalue weighted by atomic mass is 19.1. The van der Waals surface area contributed by atoms with Crippen LogP contribution >= 0.6 is 0 Å². The number of aromatic nitrogens is 1. The summed E-state index contributed by atoms with van der Waals surface area (Å²) in [5, 5.41) is 10.7. The van der Waals surface area contributed by atoms with E-state index in [2.05, 4.69) is 21.9 Å². The average Bonchev–Trinajstić information content (AvgIpc) is 3.07. The lowest BCUT2D eigenvalue weighted by atomic mass is 9.63. The SMILES string of the molecule is Cc1nc(CN2CCC3(CCC3)CC2)c(-c2ccc(OCCc3ccc(F)cc3)cc2)c(N2CCC3(CCC3)CC2)c1[C@H](OC(C)(C)C)C(=O)O. The molecule has 4 aliphatic rings. The van der Waals surface area contributed by atoms with Gasteiger partial charge in [0, 0.05) is 42.9 Å². The maximum Gasteiger partial charge on any atom is 0.337 e. The highest BCUT2D eigenvalue weighted by Crippen LogP contribution is 2.52. The van der Waals surface area contributed by atoms with Gasteiger partial charge in [0.15, 0.2) is 6.10 Å². The molecule has 7 rings (SSSR count). The summed E-state index contributed by atoms with van der Waals surface area (Å²) < 4.78 is 25.9. The fourth-order valence-corrected chi connectivity index (χ4v) is 9.02. The van der Waals surface area contributed by atoms with Crippen LogP contribution in [0.1, 0.15) is 114 Å². The normalized spacial score (nSPS) is 20.5. The fourth-order valence-electron chi connectivity index (χ4n) is 9.02. The van der Waals surface area contributed by atoms with Crippen molar-refractivity contribution in [1.82, 2.24) is 9.88 Å². The monoisotopic (exact) mass is 697 g/mol. The number of rotatable bonds is 11. The summed E-state index contributed by atoms with van der Waals surface area (Å²) in [6.07, 6.45) is 12.2. The molecule has 7 nitrogen and oxygen atoms in total. The second-order valence-electron chi connectivity index (χ2n) is 16.9. The van der Waals surface area contributed by atoms with Crippen LogP contribution in [0.5, 0.6) is 5.75 Å². The van der Waals surface area contributed by atoms with E-state index in [0.29, 0.717) is 29.4 Å². The largest absolute Gasteiger partial charge is 0.493 e. The number of hydrogen-bond acceptors (Lipinski definition) is 6. The highest BCUT2D eigenvalue weighted by molar-refractivity contribution is 5.88. The molecule has 2 aliphatic carbocycles. The maximum absolute atomic E-state index is 13.4. The first-order valence-corrected chi connectivity index (χ1v) is 19.3. The van der Waals surface area contributed by atoms with Gasteiger partial charge in [-0.3, -0.25) is 9.88 Å². The van der Waals surface area contributed by atoms with E-state index in [-0.39, 0.29) is 5.82 Å². The summed E-state index contributed by atoms with van der Waals surface area (Å²) >= 11 is 0. The summed E-state index contributed by atoms with van der Waals surface area (Å²) in [5.74, 6) is -0.471. The van der Waals surface area contributed by atoms with Gasteiger partial charge in [0.1, 0.15) is 11.6 Å². The number of aryl methyl sites for hydroxylation is 1.